The largest absolute Gasteiger partial charge is 0.507 e. The van der Waals surface area contributed by atoms with Gasteiger partial charge in [0.2, 0.25) is 0 Å². The average molecular weight is 377 g/mol. The number of rotatable bonds is 4. The summed E-state index contributed by atoms with van der Waals surface area (Å²) in [5.74, 6) is -0.698. The molecule has 0 bridgehead atoms. The predicted molar refractivity (Wildman–Crippen MR) is 101 cm³/mol. The van der Waals surface area contributed by atoms with Crippen LogP contribution in [-0.4, -0.2) is 31.0 Å². The Morgan fingerprint density at radius 1 is 1.11 bits per heavy atom. The normalized spacial score (nSPS) is 12.7. The zero-order valence-corrected chi connectivity index (χ0v) is 15.3. The molecule has 1 amide bonds. The third kappa shape index (κ3) is 3.22. The summed E-state index contributed by atoms with van der Waals surface area (Å²) in [6.45, 7) is 2.50. The minimum absolute atomic E-state index is 0.0269. The molecular weight excluding hydrogens is 358 g/mol. The van der Waals surface area contributed by atoms with Gasteiger partial charge >= 0.3 is 0 Å². The van der Waals surface area contributed by atoms with Gasteiger partial charge in [0.1, 0.15) is 29.4 Å². The molecule has 1 aromatic carbocycles. The molecule has 0 saturated carbocycles. The molecule has 3 heterocycles. The summed E-state index contributed by atoms with van der Waals surface area (Å²) >= 11 is 0. The first-order chi connectivity index (χ1) is 13.5. The summed E-state index contributed by atoms with van der Waals surface area (Å²) in [6, 6.07) is 10.3. The lowest BCUT2D eigenvalue weighted by Crippen LogP contribution is -2.26. The summed E-state index contributed by atoms with van der Waals surface area (Å²) in [5.41, 5.74) is 2.88. The van der Waals surface area contributed by atoms with Crippen LogP contribution in [0, 0.1) is 6.92 Å². The second-order valence-corrected chi connectivity index (χ2v) is 6.62. The van der Waals surface area contributed by atoms with E-state index in [0.29, 0.717) is 24.3 Å². The molecule has 0 unspecified atom stereocenters. The Hall–Kier alpha value is -3.61. The summed E-state index contributed by atoms with van der Waals surface area (Å²) < 4.78 is 5.83. The molecule has 0 saturated heterocycles. The van der Waals surface area contributed by atoms with Crippen LogP contribution in [-0.2, 0) is 19.7 Å². The van der Waals surface area contributed by atoms with Crippen LogP contribution in [0.15, 0.2) is 48.8 Å². The number of hydrogen-bond acceptors (Lipinski definition) is 6. The quantitative estimate of drug-likeness (QED) is 0.726. The third-order valence-corrected chi connectivity index (χ3v) is 4.76. The molecule has 1 aliphatic rings. The maximum Gasteiger partial charge on any atom is 0.262 e. The first kappa shape index (κ1) is 17.8. The van der Waals surface area contributed by atoms with Crippen molar-refractivity contribution in [1.82, 2.24) is 14.9 Å². The second-order valence-electron chi connectivity index (χ2n) is 6.62. The Labute approximate surface area is 161 Å². The third-order valence-electron chi connectivity index (χ3n) is 4.76. The number of hydrogen-bond donors (Lipinski definition) is 2. The molecule has 0 atom stereocenters. The van der Waals surface area contributed by atoms with Crippen LogP contribution in [0.5, 0.6) is 17.2 Å². The van der Waals surface area contributed by atoms with Crippen molar-refractivity contribution in [1.29, 1.82) is 0 Å². The lowest BCUT2D eigenvalue weighted by molar-refractivity contribution is 0.0741. The van der Waals surface area contributed by atoms with Gasteiger partial charge in [-0.2, -0.15) is 0 Å². The van der Waals surface area contributed by atoms with Gasteiger partial charge in [-0.1, -0.05) is 12.1 Å². The molecule has 0 radical (unpaired) electrons. The number of phenolic OH excluding ortho intramolecular Hbond substituents is 2. The molecule has 0 aliphatic carbocycles. The molecule has 0 spiro atoms. The molecule has 2 N–H and O–H groups in total. The van der Waals surface area contributed by atoms with E-state index in [2.05, 4.69) is 9.97 Å². The predicted octanol–water partition coefficient (Wildman–Crippen LogP) is 2.93. The van der Waals surface area contributed by atoms with Crippen molar-refractivity contribution in [2.75, 3.05) is 0 Å². The summed E-state index contributed by atoms with van der Waals surface area (Å²) in [4.78, 5) is 23.3. The fourth-order valence-electron chi connectivity index (χ4n) is 3.25. The highest BCUT2D eigenvalue weighted by atomic mass is 16.5. The number of nitrogens with zero attached hydrogens (tertiary/aromatic N) is 3. The summed E-state index contributed by atoms with van der Waals surface area (Å²) in [5, 5.41) is 20.5. The molecule has 7 heteroatoms. The van der Waals surface area contributed by atoms with Crippen molar-refractivity contribution >= 4 is 5.91 Å². The zero-order valence-electron chi connectivity index (χ0n) is 15.3. The van der Waals surface area contributed by atoms with Crippen LogP contribution < -0.4 is 4.74 Å². The van der Waals surface area contributed by atoms with E-state index in [4.69, 9.17) is 4.74 Å². The van der Waals surface area contributed by atoms with E-state index >= 15 is 0 Å². The molecule has 2 aromatic heterocycles. The molecule has 1 aliphatic heterocycles. The molecule has 4 rings (SSSR count). The standard InChI is InChI=1S/C21H19N3O4/c1-13-17(25)9-18(26)19(20(13)28-12-15-6-2-3-7-22-15)21(27)24-10-14-5-4-8-23-16(14)11-24/h2-9,25-26H,10-12H2,1H3. The Morgan fingerprint density at radius 3 is 2.68 bits per heavy atom. The number of carbonyl (C=O) groups excluding carboxylic acids is 1. The van der Waals surface area contributed by atoms with Crippen LogP contribution >= 0.6 is 0 Å². The van der Waals surface area contributed by atoms with Gasteiger partial charge in [-0.25, -0.2) is 0 Å². The van der Waals surface area contributed by atoms with Gasteiger partial charge in [-0.15, -0.1) is 0 Å². The van der Waals surface area contributed by atoms with E-state index in [9.17, 15) is 15.0 Å². The van der Waals surface area contributed by atoms with E-state index in [-0.39, 0.29) is 35.3 Å². The SMILES string of the molecule is Cc1c(O)cc(O)c(C(=O)N2Cc3cccnc3C2)c1OCc1ccccn1. The van der Waals surface area contributed by atoms with Crippen LogP contribution in [0.3, 0.4) is 0 Å². The van der Waals surface area contributed by atoms with Gasteiger partial charge in [0.25, 0.3) is 5.91 Å². The van der Waals surface area contributed by atoms with E-state index in [1.807, 2.05) is 18.2 Å². The van der Waals surface area contributed by atoms with Crippen LogP contribution in [0.2, 0.25) is 0 Å². The number of phenols is 2. The number of carbonyl (C=O) groups is 1. The van der Waals surface area contributed by atoms with Gasteiger partial charge in [-0.3, -0.25) is 14.8 Å². The van der Waals surface area contributed by atoms with Crippen molar-refractivity contribution in [2.45, 2.75) is 26.6 Å². The minimum Gasteiger partial charge on any atom is -0.507 e. The smallest absolute Gasteiger partial charge is 0.262 e. The maximum atomic E-state index is 13.2. The van der Waals surface area contributed by atoms with Crippen molar-refractivity contribution in [3.05, 3.63) is 76.9 Å². The highest BCUT2D eigenvalue weighted by Crippen LogP contribution is 2.39. The Bertz CT molecular complexity index is 1010. The van der Waals surface area contributed by atoms with Crippen molar-refractivity contribution in [3.8, 4) is 17.2 Å². The molecule has 142 valence electrons. The van der Waals surface area contributed by atoms with Gasteiger partial charge < -0.3 is 19.8 Å². The summed E-state index contributed by atoms with van der Waals surface area (Å²) in [7, 11) is 0. The molecular formula is C21H19N3O4. The number of benzene rings is 1. The first-order valence-corrected chi connectivity index (χ1v) is 8.85. The number of aromatic nitrogens is 2. The lowest BCUT2D eigenvalue weighted by atomic mass is 10.1. The van der Waals surface area contributed by atoms with Crippen molar-refractivity contribution in [2.24, 2.45) is 0 Å². The van der Waals surface area contributed by atoms with Gasteiger partial charge in [0.05, 0.1) is 17.9 Å². The first-order valence-electron chi connectivity index (χ1n) is 8.85. The molecule has 28 heavy (non-hydrogen) atoms. The van der Waals surface area contributed by atoms with E-state index in [0.717, 1.165) is 17.3 Å². The van der Waals surface area contributed by atoms with Crippen LogP contribution in [0.1, 0.15) is 32.9 Å². The number of aromatic hydroxyl groups is 2. The van der Waals surface area contributed by atoms with E-state index < -0.39 is 0 Å². The van der Waals surface area contributed by atoms with Gasteiger partial charge in [-0.05, 0) is 30.7 Å². The Morgan fingerprint density at radius 2 is 1.93 bits per heavy atom. The highest BCUT2D eigenvalue weighted by molar-refractivity contribution is 6.00. The zero-order chi connectivity index (χ0) is 19.7. The van der Waals surface area contributed by atoms with Crippen LogP contribution in [0.25, 0.3) is 0 Å². The van der Waals surface area contributed by atoms with Crippen molar-refractivity contribution in [3.63, 3.8) is 0 Å². The molecule has 0 fully saturated rings. The Kier molecular flexibility index (Phi) is 4.57. The van der Waals surface area contributed by atoms with Crippen LogP contribution in [0.4, 0.5) is 0 Å². The maximum absolute atomic E-state index is 13.2. The highest BCUT2D eigenvalue weighted by Gasteiger charge is 2.30. The number of fused-ring (bicyclic) bond motifs is 1. The van der Waals surface area contributed by atoms with E-state index in [1.165, 1.54) is 0 Å². The fourth-order valence-corrected chi connectivity index (χ4v) is 3.25. The molecule has 3 aromatic rings. The minimum atomic E-state index is -0.380. The summed E-state index contributed by atoms with van der Waals surface area (Å²) in [6.07, 6.45) is 3.34. The monoisotopic (exact) mass is 377 g/mol. The number of ether oxygens (including phenoxy) is 1. The lowest BCUT2D eigenvalue weighted by Gasteiger charge is -2.20. The van der Waals surface area contributed by atoms with E-state index in [1.54, 1.807) is 36.4 Å². The average Bonchev–Trinajstić information content (AvgIpc) is 3.14. The number of pyridine rings is 2. The Balaban J connectivity index is 1.66. The van der Waals surface area contributed by atoms with Crippen molar-refractivity contribution < 1.29 is 19.7 Å². The second kappa shape index (κ2) is 7.19. The number of amides is 1. The fraction of sp³-hybridized carbons (Fsp3) is 0.190. The van der Waals surface area contributed by atoms with Gasteiger partial charge in [0.15, 0.2) is 0 Å². The topological polar surface area (TPSA) is 95.8 Å². The van der Waals surface area contributed by atoms with Gasteiger partial charge in [0, 0.05) is 30.6 Å². The molecule has 7 nitrogen and oxygen atoms in total.